The van der Waals surface area contributed by atoms with E-state index in [4.69, 9.17) is 0 Å². The van der Waals surface area contributed by atoms with Crippen molar-refractivity contribution < 1.29 is 14.7 Å². The molecule has 7 heteroatoms. The maximum absolute atomic E-state index is 12.6. The maximum Gasteiger partial charge on any atom is 0.238 e. The predicted octanol–water partition coefficient (Wildman–Crippen LogP) is 2.27. The fraction of sp³-hybridized carbons (Fsp3) is 0.400. The van der Waals surface area contributed by atoms with Crippen molar-refractivity contribution in [3.8, 4) is 22.9 Å². The molecule has 3 aliphatic rings. The number of amides is 2. The fourth-order valence-electron chi connectivity index (χ4n) is 5.30. The van der Waals surface area contributed by atoms with Crippen molar-refractivity contribution >= 4 is 17.5 Å². The number of nitrogens with one attached hydrogen (secondary N) is 2. The van der Waals surface area contributed by atoms with Crippen LogP contribution in [0.5, 0.6) is 5.75 Å². The molecular formula is C25H26N4O3. The number of anilines is 1. The summed E-state index contributed by atoms with van der Waals surface area (Å²) >= 11 is 0. The van der Waals surface area contributed by atoms with Gasteiger partial charge in [0.15, 0.2) is 0 Å². The largest absolute Gasteiger partial charge is 0.508 e. The number of phenolic OH excluding ortho intramolecular Hbond substituents is 1. The highest BCUT2D eigenvalue weighted by Gasteiger charge is 2.43. The second kappa shape index (κ2) is 7.95. The van der Waals surface area contributed by atoms with Crippen molar-refractivity contribution in [2.45, 2.75) is 50.2 Å². The standard InChI is InChI=1S/C25H26N4O3/c1-29-21-10-14(2-4-16(21)12-23(29)31)15-3-5-17(22(30)11-15)8-20(13-26)28-25(32)24-18-6-7-19(9-18)27-24/h2-5,10-11,18-20,24,27,30H,6-9,12H2,1H3,(H,28,32)/t18-,19+,20?,24-/m0/s1. The average molecular weight is 431 g/mol. The molecule has 2 aromatic carbocycles. The smallest absolute Gasteiger partial charge is 0.238 e. The molecular weight excluding hydrogens is 404 g/mol. The summed E-state index contributed by atoms with van der Waals surface area (Å²) in [5.74, 6) is 0.380. The molecule has 164 valence electrons. The van der Waals surface area contributed by atoms with E-state index in [0.717, 1.165) is 41.6 Å². The van der Waals surface area contributed by atoms with Crippen molar-refractivity contribution in [2.75, 3.05) is 11.9 Å². The minimum Gasteiger partial charge on any atom is -0.508 e. The Balaban J connectivity index is 1.29. The number of nitriles is 1. The van der Waals surface area contributed by atoms with Gasteiger partial charge >= 0.3 is 0 Å². The van der Waals surface area contributed by atoms with Crippen molar-refractivity contribution in [1.82, 2.24) is 10.6 Å². The van der Waals surface area contributed by atoms with E-state index in [1.807, 2.05) is 24.3 Å². The van der Waals surface area contributed by atoms with Gasteiger partial charge in [0, 0.05) is 25.2 Å². The van der Waals surface area contributed by atoms with Gasteiger partial charge in [-0.05, 0) is 59.6 Å². The molecule has 1 unspecified atom stereocenters. The SMILES string of the molecule is CN1C(=O)Cc2ccc(-c3ccc(CC(C#N)NC(=O)[C@H]4N[C@@H]5CC[C@H]4C5)c(O)c3)cc21. The van der Waals surface area contributed by atoms with Crippen molar-refractivity contribution in [3.05, 3.63) is 47.5 Å². The van der Waals surface area contributed by atoms with Gasteiger partial charge in [-0.1, -0.05) is 24.3 Å². The van der Waals surface area contributed by atoms with Gasteiger partial charge < -0.3 is 20.6 Å². The molecule has 1 aliphatic carbocycles. The first-order chi connectivity index (χ1) is 15.4. The normalized spacial score (nSPS) is 24.3. The summed E-state index contributed by atoms with van der Waals surface area (Å²) in [6.07, 6.45) is 3.85. The van der Waals surface area contributed by atoms with Gasteiger partial charge in [-0.3, -0.25) is 9.59 Å². The first-order valence-electron chi connectivity index (χ1n) is 11.1. The molecule has 0 aromatic heterocycles. The molecule has 7 nitrogen and oxygen atoms in total. The van der Waals surface area contributed by atoms with Crippen LogP contribution >= 0.6 is 0 Å². The van der Waals surface area contributed by atoms with Crippen LogP contribution in [0.2, 0.25) is 0 Å². The van der Waals surface area contributed by atoms with Crippen LogP contribution in [0.15, 0.2) is 36.4 Å². The first-order valence-corrected chi connectivity index (χ1v) is 11.1. The number of carbonyl (C=O) groups is 2. The number of aromatic hydroxyl groups is 1. The van der Waals surface area contributed by atoms with Crippen LogP contribution < -0.4 is 15.5 Å². The van der Waals surface area contributed by atoms with Gasteiger partial charge in [-0.2, -0.15) is 5.26 Å². The van der Waals surface area contributed by atoms with Crippen LogP contribution in [-0.2, 0) is 22.4 Å². The van der Waals surface area contributed by atoms with Crippen molar-refractivity contribution in [1.29, 1.82) is 5.26 Å². The lowest BCUT2D eigenvalue weighted by Gasteiger charge is -2.23. The molecule has 0 radical (unpaired) electrons. The van der Waals surface area contributed by atoms with Gasteiger partial charge in [0.2, 0.25) is 11.8 Å². The van der Waals surface area contributed by atoms with Crippen molar-refractivity contribution in [2.24, 2.45) is 5.92 Å². The number of nitrogens with zero attached hydrogens (tertiary/aromatic N) is 2. The summed E-state index contributed by atoms with van der Waals surface area (Å²) in [4.78, 5) is 26.2. The number of benzene rings is 2. The molecule has 2 amide bonds. The molecule has 0 spiro atoms. The van der Waals surface area contributed by atoms with E-state index >= 15 is 0 Å². The number of fused-ring (bicyclic) bond motifs is 3. The Labute approximate surface area is 187 Å². The van der Waals surface area contributed by atoms with Crippen LogP contribution in [0.4, 0.5) is 5.69 Å². The number of likely N-dealkylation sites (N-methyl/N-ethyl adjacent to an activating group) is 1. The summed E-state index contributed by atoms with van der Waals surface area (Å²) in [5, 5.41) is 26.4. The number of hydrogen-bond donors (Lipinski definition) is 3. The average Bonchev–Trinajstić information content (AvgIpc) is 3.50. The minimum atomic E-state index is -0.708. The zero-order valence-corrected chi connectivity index (χ0v) is 18.0. The topological polar surface area (TPSA) is 105 Å². The Morgan fingerprint density at radius 2 is 2.06 bits per heavy atom. The van der Waals surface area contributed by atoms with E-state index in [2.05, 4.69) is 16.7 Å². The van der Waals surface area contributed by atoms with Crippen LogP contribution in [0.25, 0.3) is 11.1 Å². The van der Waals surface area contributed by atoms with Gasteiger partial charge in [-0.15, -0.1) is 0 Å². The van der Waals surface area contributed by atoms with E-state index in [9.17, 15) is 20.0 Å². The third-order valence-electron chi connectivity index (χ3n) is 7.12. The molecule has 3 N–H and O–H groups in total. The number of piperidine rings is 1. The molecule has 2 aliphatic heterocycles. The third-order valence-corrected chi connectivity index (χ3v) is 7.12. The maximum atomic E-state index is 12.6. The lowest BCUT2D eigenvalue weighted by Crippen LogP contribution is -2.50. The summed E-state index contributed by atoms with van der Waals surface area (Å²) < 4.78 is 0. The lowest BCUT2D eigenvalue weighted by molar-refractivity contribution is -0.124. The molecule has 32 heavy (non-hydrogen) atoms. The van der Waals surface area contributed by atoms with Crippen LogP contribution in [0, 0.1) is 17.2 Å². The Hall–Kier alpha value is -3.37. The molecule has 2 heterocycles. The quantitative estimate of drug-likeness (QED) is 0.675. The van der Waals surface area contributed by atoms with Crippen LogP contribution in [0.1, 0.15) is 30.4 Å². The highest BCUT2D eigenvalue weighted by Crippen LogP contribution is 2.36. The fourth-order valence-corrected chi connectivity index (χ4v) is 5.30. The van der Waals surface area contributed by atoms with E-state index < -0.39 is 6.04 Å². The minimum absolute atomic E-state index is 0.0700. The predicted molar refractivity (Wildman–Crippen MR) is 120 cm³/mol. The summed E-state index contributed by atoms with van der Waals surface area (Å²) in [7, 11) is 1.76. The second-order valence-electron chi connectivity index (χ2n) is 9.13. The first kappa shape index (κ1) is 20.5. The molecule has 2 bridgehead atoms. The zero-order valence-electron chi connectivity index (χ0n) is 18.0. The number of phenols is 1. The van der Waals surface area contributed by atoms with Gasteiger partial charge in [0.05, 0.1) is 18.5 Å². The number of carbonyl (C=O) groups excluding carboxylic acids is 2. The monoisotopic (exact) mass is 430 g/mol. The number of hydrogen-bond acceptors (Lipinski definition) is 5. The van der Waals surface area contributed by atoms with E-state index in [1.54, 1.807) is 24.1 Å². The van der Waals surface area contributed by atoms with Gasteiger partial charge in [-0.25, -0.2) is 0 Å². The van der Waals surface area contributed by atoms with Crippen molar-refractivity contribution in [3.63, 3.8) is 0 Å². The van der Waals surface area contributed by atoms with Crippen LogP contribution in [-0.4, -0.2) is 42.1 Å². The Morgan fingerprint density at radius 3 is 2.75 bits per heavy atom. The van der Waals surface area contributed by atoms with E-state index in [0.29, 0.717) is 23.9 Å². The van der Waals surface area contributed by atoms with Crippen LogP contribution in [0.3, 0.4) is 0 Å². The Bertz CT molecular complexity index is 1140. The summed E-state index contributed by atoms with van der Waals surface area (Å²) in [6, 6.07) is 12.8. The van der Waals surface area contributed by atoms with Gasteiger partial charge in [0.1, 0.15) is 11.8 Å². The van der Waals surface area contributed by atoms with Gasteiger partial charge in [0.25, 0.3) is 0 Å². The Morgan fingerprint density at radius 1 is 1.28 bits per heavy atom. The molecule has 1 saturated carbocycles. The third kappa shape index (κ3) is 3.61. The Kier molecular flexibility index (Phi) is 5.10. The number of rotatable bonds is 5. The molecule has 4 atom stereocenters. The lowest BCUT2D eigenvalue weighted by atomic mass is 9.97. The molecule has 1 saturated heterocycles. The second-order valence-corrected chi connectivity index (χ2v) is 9.13. The highest BCUT2D eigenvalue weighted by atomic mass is 16.3. The van der Waals surface area contributed by atoms with E-state index in [1.165, 1.54) is 0 Å². The molecule has 5 rings (SSSR count). The zero-order chi connectivity index (χ0) is 22.4. The molecule has 2 fully saturated rings. The highest BCUT2D eigenvalue weighted by molar-refractivity contribution is 6.01. The summed E-state index contributed by atoms with van der Waals surface area (Å²) in [6.45, 7) is 0. The van der Waals surface area contributed by atoms with E-state index in [-0.39, 0.29) is 30.0 Å². The summed E-state index contributed by atoms with van der Waals surface area (Å²) in [5.41, 5.74) is 4.22. The molecule has 2 aromatic rings.